The Hall–Kier alpha value is -2.95. The van der Waals surface area contributed by atoms with Crippen LogP contribution >= 0.6 is 0 Å². The van der Waals surface area contributed by atoms with Crippen molar-refractivity contribution in [2.24, 2.45) is 5.92 Å². The van der Waals surface area contributed by atoms with E-state index in [1.54, 1.807) is 30.5 Å². The Kier molecular flexibility index (Phi) is 5.28. The van der Waals surface area contributed by atoms with Gasteiger partial charge in [-0.3, -0.25) is 0 Å². The molecule has 27 heavy (non-hydrogen) atoms. The minimum absolute atomic E-state index is 0.292. The van der Waals surface area contributed by atoms with Gasteiger partial charge in [-0.2, -0.15) is 4.98 Å². The number of nitrogens with zero attached hydrogens (tertiary/aromatic N) is 3. The predicted octanol–water partition coefficient (Wildman–Crippen LogP) is 4.82. The lowest BCUT2D eigenvalue weighted by molar-refractivity contribution is 0.400. The highest BCUT2D eigenvalue weighted by molar-refractivity contribution is 5.57. The molecule has 1 N–H and O–H groups in total. The Morgan fingerprint density at radius 3 is 2.48 bits per heavy atom. The maximum atomic E-state index is 13.8. The first-order chi connectivity index (χ1) is 13.3. The van der Waals surface area contributed by atoms with Crippen molar-refractivity contribution < 1.29 is 4.39 Å². The molecule has 1 fully saturated rings. The molecule has 138 valence electrons. The standard InChI is InChI=1S/C22H23FN4/c23-19-8-4-5-9-20(19)25-21-10-13-24-22(26-21)27-14-11-18(12-15-27)16-17-6-2-1-3-7-17/h1-10,13,18H,11-12,14-16H2,(H,24,25,26). The Bertz CT molecular complexity index is 876. The molecule has 1 saturated heterocycles. The Morgan fingerprint density at radius 1 is 0.963 bits per heavy atom. The van der Waals surface area contributed by atoms with E-state index in [0.29, 0.717) is 23.4 Å². The zero-order valence-electron chi connectivity index (χ0n) is 15.2. The lowest BCUT2D eigenvalue weighted by atomic mass is 9.90. The molecule has 0 radical (unpaired) electrons. The molecule has 2 heterocycles. The molecule has 4 nitrogen and oxygen atoms in total. The first kappa shape index (κ1) is 17.5. The van der Waals surface area contributed by atoms with Gasteiger partial charge in [0.1, 0.15) is 11.6 Å². The van der Waals surface area contributed by atoms with Crippen molar-refractivity contribution in [1.29, 1.82) is 0 Å². The molecule has 0 bridgehead atoms. The number of anilines is 3. The van der Waals surface area contributed by atoms with Gasteiger partial charge in [0, 0.05) is 19.3 Å². The van der Waals surface area contributed by atoms with Gasteiger partial charge in [-0.1, -0.05) is 42.5 Å². The van der Waals surface area contributed by atoms with Crippen molar-refractivity contribution in [1.82, 2.24) is 9.97 Å². The molecule has 0 unspecified atom stereocenters. The fourth-order valence-corrected chi connectivity index (χ4v) is 3.56. The Labute approximate surface area is 159 Å². The normalized spacial score (nSPS) is 14.9. The summed E-state index contributed by atoms with van der Waals surface area (Å²) in [6.07, 6.45) is 5.11. The van der Waals surface area contributed by atoms with Crippen LogP contribution in [-0.2, 0) is 6.42 Å². The van der Waals surface area contributed by atoms with Crippen LogP contribution in [0, 0.1) is 11.7 Å². The van der Waals surface area contributed by atoms with Gasteiger partial charge >= 0.3 is 0 Å². The van der Waals surface area contributed by atoms with Crippen LogP contribution in [-0.4, -0.2) is 23.1 Å². The maximum absolute atomic E-state index is 13.8. The van der Waals surface area contributed by atoms with Crippen molar-refractivity contribution in [2.75, 3.05) is 23.3 Å². The first-order valence-electron chi connectivity index (χ1n) is 9.41. The second-order valence-electron chi connectivity index (χ2n) is 6.97. The maximum Gasteiger partial charge on any atom is 0.227 e. The molecule has 1 aliphatic rings. The predicted molar refractivity (Wildman–Crippen MR) is 107 cm³/mol. The van der Waals surface area contributed by atoms with E-state index in [0.717, 1.165) is 32.4 Å². The minimum atomic E-state index is -0.292. The van der Waals surface area contributed by atoms with Crippen LogP contribution in [0.15, 0.2) is 66.9 Å². The number of hydrogen-bond acceptors (Lipinski definition) is 4. The van der Waals surface area contributed by atoms with Gasteiger partial charge in [-0.05, 0) is 48.9 Å². The molecule has 0 aliphatic carbocycles. The zero-order chi connectivity index (χ0) is 18.5. The van der Waals surface area contributed by atoms with Crippen LogP contribution in [0.2, 0.25) is 0 Å². The molecule has 4 rings (SSSR count). The zero-order valence-corrected chi connectivity index (χ0v) is 15.2. The third-order valence-electron chi connectivity index (χ3n) is 5.04. The summed E-state index contributed by atoms with van der Waals surface area (Å²) >= 11 is 0. The quantitative estimate of drug-likeness (QED) is 0.707. The second-order valence-corrected chi connectivity index (χ2v) is 6.97. The lowest BCUT2D eigenvalue weighted by Crippen LogP contribution is -2.35. The first-order valence-corrected chi connectivity index (χ1v) is 9.41. The van der Waals surface area contributed by atoms with Crippen molar-refractivity contribution in [2.45, 2.75) is 19.3 Å². The molecule has 0 atom stereocenters. The number of aromatic nitrogens is 2. The van der Waals surface area contributed by atoms with E-state index in [9.17, 15) is 4.39 Å². The van der Waals surface area contributed by atoms with Crippen LogP contribution in [0.4, 0.5) is 21.8 Å². The average Bonchev–Trinajstić information content (AvgIpc) is 2.71. The third-order valence-corrected chi connectivity index (χ3v) is 5.04. The third kappa shape index (κ3) is 4.42. The number of nitrogens with one attached hydrogen (secondary N) is 1. The van der Waals surface area contributed by atoms with E-state index in [1.807, 2.05) is 0 Å². The molecule has 0 saturated carbocycles. The van der Waals surface area contributed by atoms with Crippen LogP contribution in [0.5, 0.6) is 0 Å². The van der Waals surface area contributed by atoms with E-state index in [2.05, 4.69) is 50.5 Å². The van der Waals surface area contributed by atoms with Gasteiger partial charge < -0.3 is 10.2 Å². The van der Waals surface area contributed by atoms with E-state index in [-0.39, 0.29) is 5.82 Å². The monoisotopic (exact) mass is 362 g/mol. The summed E-state index contributed by atoms with van der Waals surface area (Å²) in [5.74, 6) is 1.72. The van der Waals surface area contributed by atoms with Crippen molar-refractivity contribution in [3.05, 3.63) is 78.2 Å². The number of rotatable bonds is 5. The van der Waals surface area contributed by atoms with Gasteiger partial charge in [0.25, 0.3) is 0 Å². The lowest BCUT2D eigenvalue weighted by Gasteiger charge is -2.32. The van der Waals surface area contributed by atoms with E-state index < -0.39 is 0 Å². The second kappa shape index (κ2) is 8.16. The molecule has 5 heteroatoms. The highest BCUT2D eigenvalue weighted by Gasteiger charge is 2.21. The van der Waals surface area contributed by atoms with Crippen LogP contribution in [0.25, 0.3) is 0 Å². The molecular formula is C22H23FN4. The van der Waals surface area contributed by atoms with Crippen LogP contribution in [0.1, 0.15) is 18.4 Å². The minimum Gasteiger partial charge on any atom is -0.341 e. The summed E-state index contributed by atoms with van der Waals surface area (Å²) in [5, 5.41) is 3.04. The highest BCUT2D eigenvalue weighted by atomic mass is 19.1. The molecule has 1 aromatic heterocycles. The summed E-state index contributed by atoms with van der Waals surface area (Å²) in [6.45, 7) is 1.89. The number of piperidine rings is 1. The smallest absolute Gasteiger partial charge is 0.227 e. The van der Waals surface area contributed by atoms with Gasteiger partial charge in [0.15, 0.2) is 0 Å². The average molecular weight is 362 g/mol. The highest BCUT2D eigenvalue weighted by Crippen LogP contribution is 2.25. The van der Waals surface area contributed by atoms with E-state index in [4.69, 9.17) is 0 Å². The van der Waals surface area contributed by atoms with Crippen molar-refractivity contribution >= 4 is 17.5 Å². The molecule has 3 aromatic rings. The van der Waals surface area contributed by atoms with Gasteiger partial charge in [0.2, 0.25) is 5.95 Å². The largest absolute Gasteiger partial charge is 0.341 e. The van der Waals surface area contributed by atoms with Crippen LogP contribution < -0.4 is 10.2 Å². The fraction of sp³-hybridized carbons (Fsp3) is 0.273. The SMILES string of the molecule is Fc1ccccc1Nc1ccnc(N2CCC(Cc3ccccc3)CC2)n1. The summed E-state index contributed by atoms with van der Waals surface area (Å²) < 4.78 is 13.8. The number of para-hydroxylation sites is 1. The van der Waals surface area contributed by atoms with E-state index >= 15 is 0 Å². The van der Waals surface area contributed by atoms with Crippen LogP contribution in [0.3, 0.4) is 0 Å². The summed E-state index contributed by atoms with van der Waals surface area (Å²) in [5.41, 5.74) is 1.83. The summed E-state index contributed by atoms with van der Waals surface area (Å²) in [4.78, 5) is 11.2. The summed E-state index contributed by atoms with van der Waals surface area (Å²) in [7, 11) is 0. The molecule has 0 amide bonds. The molecule has 2 aromatic carbocycles. The Balaban J connectivity index is 1.38. The number of halogens is 1. The molecular weight excluding hydrogens is 339 g/mol. The van der Waals surface area contributed by atoms with Gasteiger partial charge in [-0.15, -0.1) is 0 Å². The summed E-state index contributed by atoms with van der Waals surface area (Å²) in [6, 6.07) is 19.0. The van der Waals surface area contributed by atoms with Crippen molar-refractivity contribution in [3.8, 4) is 0 Å². The Morgan fingerprint density at radius 2 is 1.70 bits per heavy atom. The topological polar surface area (TPSA) is 41.1 Å². The molecule has 0 spiro atoms. The van der Waals surface area contributed by atoms with Gasteiger partial charge in [0.05, 0.1) is 5.69 Å². The molecule has 1 aliphatic heterocycles. The fourth-order valence-electron chi connectivity index (χ4n) is 3.56. The number of benzene rings is 2. The van der Waals surface area contributed by atoms with E-state index in [1.165, 1.54) is 11.6 Å². The van der Waals surface area contributed by atoms with Gasteiger partial charge in [-0.25, -0.2) is 9.37 Å². The van der Waals surface area contributed by atoms with Crippen molar-refractivity contribution in [3.63, 3.8) is 0 Å². The number of hydrogen-bond donors (Lipinski definition) is 1.